The number of anilines is 1. The van der Waals surface area contributed by atoms with E-state index in [1.807, 2.05) is 24.3 Å². The minimum absolute atomic E-state index is 0.139. The van der Waals surface area contributed by atoms with Crippen LogP contribution in [0.1, 0.15) is 13.8 Å². The van der Waals surface area contributed by atoms with Crippen molar-refractivity contribution < 1.29 is 19.1 Å². The standard InChI is InChI=1S/C18H20N4O4S2/c1-3-26-18(25)22-14(23)13-9(2)12(8-19)28-16(13)21-15(24)17-20-10-6-4-5-7-11(10)27-17/h4-7,9,12-13,16-17,20H,3H2,1-2H3,(H,21,24)(H,22,23,25). The van der Waals surface area contributed by atoms with E-state index < -0.39 is 33.9 Å². The highest BCUT2D eigenvalue weighted by Gasteiger charge is 2.47. The van der Waals surface area contributed by atoms with Gasteiger partial charge in [0.15, 0.2) is 5.37 Å². The van der Waals surface area contributed by atoms with Crippen LogP contribution in [0.15, 0.2) is 29.2 Å². The van der Waals surface area contributed by atoms with Gasteiger partial charge in [0.05, 0.1) is 29.2 Å². The van der Waals surface area contributed by atoms with Crippen molar-refractivity contribution in [2.45, 2.75) is 34.7 Å². The smallest absolute Gasteiger partial charge is 0.413 e. The molecule has 0 aliphatic carbocycles. The Morgan fingerprint density at radius 3 is 2.71 bits per heavy atom. The second-order valence-corrected chi connectivity index (χ2v) is 8.78. The van der Waals surface area contributed by atoms with Crippen LogP contribution in [0.5, 0.6) is 0 Å². The zero-order chi connectivity index (χ0) is 20.3. The van der Waals surface area contributed by atoms with Gasteiger partial charge in [0, 0.05) is 10.6 Å². The van der Waals surface area contributed by atoms with Crippen LogP contribution in [-0.4, -0.2) is 40.5 Å². The van der Waals surface area contributed by atoms with E-state index in [-0.39, 0.29) is 18.4 Å². The molecule has 3 rings (SSSR count). The lowest BCUT2D eigenvalue weighted by atomic mass is 9.90. The molecule has 0 bridgehead atoms. The Kier molecular flexibility index (Phi) is 6.36. The molecule has 1 saturated heterocycles. The number of amides is 3. The van der Waals surface area contributed by atoms with Crippen LogP contribution in [0, 0.1) is 23.2 Å². The van der Waals surface area contributed by atoms with Gasteiger partial charge in [-0.2, -0.15) is 5.26 Å². The molecule has 2 aliphatic heterocycles. The Morgan fingerprint density at radius 2 is 2.04 bits per heavy atom. The fourth-order valence-corrected chi connectivity index (χ4v) is 5.70. The summed E-state index contributed by atoms with van der Waals surface area (Å²) in [4.78, 5) is 37.9. The summed E-state index contributed by atoms with van der Waals surface area (Å²) in [5, 5.41) is 15.9. The van der Waals surface area contributed by atoms with Gasteiger partial charge in [-0.25, -0.2) is 4.79 Å². The van der Waals surface area contributed by atoms with Crippen molar-refractivity contribution in [3.63, 3.8) is 0 Å². The van der Waals surface area contributed by atoms with E-state index in [0.717, 1.165) is 10.6 Å². The first-order valence-corrected chi connectivity index (χ1v) is 10.6. The number of hydrogen-bond acceptors (Lipinski definition) is 8. The van der Waals surface area contributed by atoms with Crippen molar-refractivity contribution >= 4 is 47.1 Å². The number of fused-ring (bicyclic) bond motifs is 1. The summed E-state index contributed by atoms with van der Waals surface area (Å²) in [6.07, 6.45) is -0.835. The highest BCUT2D eigenvalue weighted by Crippen LogP contribution is 2.43. The molecule has 1 fully saturated rings. The number of nitriles is 1. The van der Waals surface area contributed by atoms with E-state index in [4.69, 9.17) is 4.74 Å². The minimum Gasteiger partial charge on any atom is -0.450 e. The summed E-state index contributed by atoms with van der Waals surface area (Å²) in [6.45, 7) is 3.54. The highest BCUT2D eigenvalue weighted by atomic mass is 32.2. The third-order valence-corrected chi connectivity index (χ3v) is 7.24. The molecule has 148 valence electrons. The third-order valence-electron chi connectivity index (χ3n) is 4.54. The number of nitrogens with zero attached hydrogens (tertiary/aromatic N) is 1. The quantitative estimate of drug-likeness (QED) is 0.678. The fraction of sp³-hybridized carbons (Fsp3) is 0.444. The average molecular weight is 421 g/mol. The Bertz CT molecular complexity index is 803. The van der Waals surface area contributed by atoms with Gasteiger partial charge in [-0.05, 0) is 25.0 Å². The third kappa shape index (κ3) is 4.20. The normalized spacial score (nSPS) is 27.8. The Morgan fingerprint density at radius 1 is 1.29 bits per heavy atom. The Balaban J connectivity index is 1.68. The summed E-state index contributed by atoms with van der Waals surface area (Å²) < 4.78 is 4.75. The topological polar surface area (TPSA) is 120 Å². The number of para-hydroxylation sites is 1. The number of carbonyl (C=O) groups excluding carboxylic acids is 3. The molecular weight excluding hydrogens is 400 g/mol. The summed E-state index contributed by atoms with van der Waals surface area (Å²) in [5.41, 5.74) is 0.881. The molecule has 2 aliphatic rings. The van der Waals surface area contributed by atoms with E-state index in [9.17, 15) is 19.6 Å². The van der Waals surface area contributed by atoms with Gasteiger partial charge in [0.25, 0.3) is 5.91 Å². The number of thioether (sulfide) groups is 2. The molecule has 0 spiro atoms. The number of carbonyl (C=O) groups is 3. The molecule has 5 atom stereocenters. The van der Waals surface area contributed by atoms with Crippen LogP contribution in [0.3, 0.4) is 0 Å². The van der Waals surface area contributed by atoms with Crippen molar-refractivity contribution in [3.05, 3.63) is 24.3 Å². The number of rotatable bonds is 4. The molecule has 3 amide bonds. The number of benzene rings is 1. The van der Waals surface area contributed by atoms with Crippen LogP contribution < -0.4 is 16.0 Å². The molecular formula is C18H20N4O4S2. The zero-order valence-electron chi connectivity index (χ0n) is 15.3. The molecule has 10 heteroatoms. The second-order valence-electron chi connectivity index (χ2n) is 6.35. The molecule has 28 heavy (non-hydrogen) atoms. The van der Waals surface area contributed by atoms with Crippen LogP contribution in [0.2, 0.25) is 0 Å². The number of imide groups is 1. The van der Waals surface area contributed by atoms with Gasteiger partial charge in [-0.1, -0.05) is 30.8 Å². The fourth-order valence-electron chi connectivity index (χ4n) is 3.15. The first-order valence-electron chi connectivity index (χ1n) is 8.80. The number of hydrogen-bond donors (Lipinski definition) is 3. The Labute approximate surface area is 171 Å². The van der Waals surface area contributed by atoms with Crippen LogP contribution in [-0.2, 0) is 14.3 Å². The van der Waals surface area contributed by atoms with Crippen molar-refractivity contribution in [1.29, 1.82) is 5.26 Å². The first kappa shape index (κ1) is 20.4. The largest absolute Gasteiger partial charge is 0.450 e. The van der Waals surface area contributed by atoms with Crippen LogP contribution >= 0.6 is 23.5 Å². The summed E-state index contributed by atoms with van der Waals surface area (Å²) in [5.74, 6) is -1.90. The van der Waals surface area contributed by atoms with E-state index in [0.29, 0.717) is 0 Å². The number of nitrogens with one attached hydrogen (secondary N) is 3. The van der Waals surface area contributed by atoms with Gasteiger partial charge in [0.2, 0.25) is 5.91 Å². The molecule has 1 aromatic carbocycles. The number of alkyl carbamates (subject to hydrolysis) is 1. The predicted octanol–water partition coefficient (Wildman–Crippen LogP) is 2.14. The van der Waals surface area contributed by atoms with Gasteiger partial charge >= 0.3 is 6.09 Å². The average Bonchev–Trinajstić information content (AvgIpc) is 3.22. The lowest BCUT2D eigenvalue weighted by Crippen LogP contribution is -2.48. The monoisotopic (exact) mass is 420 g/mol. The molecule has 8 nitrogen and oxygen atoms in total. The van der Waals surface area contributed by atoms with Gasteiger partial charge in [0.1, 0.15) is 0 Å². The summed E-state index contributed by atoms with van der Waals surface area (Å²) >= 11 is 2.61. The zero-order valence-corrected chi connectivity index (χ0v) is 16.9. The van der Waals surface area contributed by atoms with E-state index in [2.05, 4.69) is 22.0 Å². The van der Waals surface area contributed by atoms with E-state index in [1.54, 1.807) is 13.8 Å². The van der Waals surface area contributed by atoms with E-state index in [1.165, 1.54) is 23.5 Å². The first-order chi connectivity index (χ1) is 13.4. The Hall–Kier alpha value is -2.38. The highest BCUT2D eigenvalue weighted by molar-refractivity contribution is 8.01. The molecule has 2 heterocycles. The van der Waals surface area contributed by atoms with Gasteiger partial charge < -0.3 is 15.4 Å². The van der Waals surface area contributed by atoms with Crippen molar-refractivity contribution in [1.82, 2.24) is 10.6 Å². The molecule has 1 aromatic rings. The van der Waals surface area contributed by atoms with E-state index >= 15 is 0 Å². The SMILES string of the molecule is CCOC(=O)NC(=O)C1C(NC(=O)C2Nc3ccccc3S2)SC(C#N)C1C. The molecule has 0 aromatic heterocycles. The predicted molar refractivity (Wildman–Crippen MR) is 106 cm³/mol. The van der Waals surface area contributed by atoms with Crippen molar-refractivity contribution in [2.24, 2.45) is 11.8 Å². The maximum Gasteiger partial charge on any atom is 0.413 e. The molecule has 0 saturated carbocycles. The lowest BCUT2D eigenvalue weighted by molar-refractivity contribution is -0.126. The van der Waals surface area contributed by atoms with Crippen molar-refractivity contribution in [2.75, 3.05) is 11.9 Å². The summed E-state index contributed by atoms with van der Waals surface area (Å²) in [7, 11) is 0. The van der Waals surface area contributed by atoms with Crippen LogP contribution in [0.25, 0.3) is 0 Å². The lowest BCUT2D eigenvalue weighted by Gasteiger charge is -2.22. The summed E-state index contributed by atoms with van der Waals surface area (Å²) in [6, 6.07) is 9.76. The molecule has 0 radical (unpaired) electrons. The molecule has 5 unspecified atom stereocenters. The maximum absolute atomic E-state index is 12.8. The second kappa shape index (κ2) is 8.75. The van der Waals surface area contributed by atoms with Gasteiger partial charge in [-0.15, -0.1) is 11.8 Å². The number of ether oxygens (including phenoxy) is 1. The van der Waals surface area contributed by atoms with Gasteiger partial charge in [-0.3, -0.25) is 14.9 Å². The minimum atomic E-state index is -0.835. The van der Waals surface area contributed by atoms with Crippen molar-refractivity contribution in [3.8, 4) is 6.07 Å². The molecule has 3 N–H and O–H groups in total. The van der Waals surface area contributed by atoms with Crippen LogP contribution in [0.4, 0.5) is 10.5 Å². The maximum atomic E-state index is 12.8.